The van der Waals surface area contributed by atoms with Gasteiger partial charge in [0.2, 0.25) is 0 Å². The summed E-state index contributed by atoms with van der Waals surface area (Å²) < 4.78 is 5.11. The molecule has 22 heavy (non-hydrogen) atoms. The van der Waals surface area contributed by atoms with Crippen LogP contribution in [-0.2, 0) is 6.42 Å². The molecule has 1 aromatic carbocycles. The average Bonchev–Trinajstić information content (AvgIpc) is 2.86. The lowest BCUT2D eigenvalue weighted by molar-refractivity contribution is 0.0954. The number of hydrogen-bond donors (Lipinski definition) is 1. The highest BCUT2D eigenvalue weighted by molar-refractivity contribution is 5.97. The molecule has 0 aliphatic heterocycles. The second-order valence-corrected chi connectivity index (χ2v) is 5.07. The lowest BCUT2D eigenvalue weighted by Crippen LogP contribution is -2.25. The topological polar surface area (TPSA) is 80.9 Å². The Balaban J connectivity index is 1.66. The Bertz CT molecular complexity index is 806. The summed E-state index contributed by atoms with van der Waals surface area (Å²) in [7, 11) is 0. The first-order valence-electron chi connectivity index (χ1n) is 7.06. The monoisotopic (exact) mass is 296 g/mol. The van der Waals surface area contributed by atoms with E-state index in [-0.39, 0.29) is 5.91 Å². The first-order chi connectivity index (χ1) is 10.6. The van der Waals surface area contributed by atoms with E-state index in [1.54, 1.807) is 30.6 Å². The van der Waals surface area contributed by atoms with Gasteiger partial charge in [-0.2, -0.15) is 0 Å². The fourth-order valence-corrected chi connectivity index (χ4v) is 2.37. The van der Waals surface area contributed by atoms with Crippen LogP contribution in [0.15, 0.2) is 35.1 Å². The van der Waals surface area contributed by atoms with Gasteiger partial charge in [-0.15, -0.1) is 0 Å². The molecule has 2 aromatic heterocycles. The van der Waals surface area contributed by atoms with E-state index in [4.69, 9.17) is 4.52 Å². The number of carbonyl (C=O) groups excluding carboxylic acids is 1. The van der Waals surface area contributed by atoms with Gasteiger partial charge in [-0.1, -0.05) is 5.16 Å². The summed E-state index contributed by atoms with van der Waals surface area (Å²) in [5.74, 6) is 0.673. The van der Waals surface area contributed by atoms with Gasteiger partial charge >= 0.3 is 0 Å². The first kappa shape index (κ1) is 14.2. The number of carbonyl (C=O) groups is 1. The van der Waals surface area contributed by atoms with Crippen LogP contribution in [0.25, 0.3) is 11.0 Å². The van der Waals surface area contributed by atoms with Crippen LogP contribution >= 0.6 is 0 Å². The minimum absolute atomic E-state index is 0.126. The minimum atomic E-state index is -0.126. The van der Waals surface area contributed by atoms with Crippen LogP contribution in [0.5, 0.6) is 0 Å². The fraction of sp³-hybridized carbons (Fsp3) is 0.250. The Morgan fingerprint density at radius 1 is 1.18 bits per heavy atom. The molecule has 0 radical (unpaired) electrons. The van der Waals surface area contributed by atoms with E-state index in [2.05, 4.69) is 20.4 Å². The highest BCUT2D eigenvalue weighted by Gasteiger charge is 2.10. The van der Waals surface area contributed by atoms with Crippen LogP contribution in [0.3, 0.4) is 0 Å². The van der Waals surface area contributed by atoms with Crippen molar-refractivity contribution < 1.29 is 9.32 Å². The predicted octanol–water partition coefficient (Wildman–Crippen LogP) is 2.21. The molecule has 0 saturated carbocycles. The fourth-order valence-electron chi connectivity index (χ4n) is 2.37. The van der Waals surface area contributed by atoms with E-state index in [1.807, 2.05) is 13.8 Å². The molecule has 0 unspecified atom stereocenters. The molecule has 0 bridgehead atoms. The average molecular weight is 296 g/mol. The lowest BCUT2D eigenvalue weighted by Gasteiger charge is -2.06. The van der Waals surface area contributed by atoms with Gasteiger partial charge in [0, 0.05) is 30.1 Å². The third-order valence-electron chi connectivity index (χ3n) is 3.57. The van der Waals surface area contributed by atoms with Gasteiger partial charge in [0.25, 0.3) is 5.91 Å². The van der Waals surface area contributed by atoms with Crippen LogP contribution in [0.1, 0.15) is 27.4 Å². The van der Waals surface area contributed by atoms with Crippen LogP contribution in [0, 0.1) is 13.8 Å². The summed E-state index contributed by atoms with van der Waals surface area (Å²) in [6, 6.07) is 5.29. The van der Waals surface area contributed by atoms with Crippen LogP contribution in [0.2, 0.25) is 0 Å². The molecule has 112 valence electrons. The molecule has 6 heteroatoms. The van der Waals surface area contributed by atoms with E-state index in [0.717, 1.165) is 22.5 Å². The number of nitrogens with zero attached hydrogens (tertiary/aromatic N) is 3. The quantitative estimate of drug-likeness (QED) is 0.798. The largest absolute Gasteiger partial charge is 0.361 e. The second kappa shape index (κ2) is 5.93. The van der Waals surface area contributed by atoms with Crippen LogP contribution in [-0.4, -0.2) is 27.6 Å². The molecule has 0 spiro atoms. The van der Waals surface area contributed by atoms with Gasteiger partial charge in [-0.05, 0) is 38.5 Å². The number of nitrogens with one attached hydrogen (secondary N) is 1. The highest BCUT2D eigenvalue weighted by atomic mass is 16.5. The maximum absolute atomic E-state index is 12.2. The normalized spacial score (nSPS) is 10.8. The standard InChI is InChI=1S/C16H16N4O2/c1-10-13(11(2)22-20-10)5-6-19-16(21)12-3-4-14-15(9-12)18-8-7-17-14/h3-4,7-9H,5-6H2,1-2H3,(H,19,21). The third-order valence-corrected chi connectivity index (χ3v) is 3.57. The van der Waals surface area contributed by atoms with Gasteiger partial charge in [0.05, 0.1) is 16.7 Å². The number of fused-ring (bicyclic) bond motifs is 1. The highest BCUT2D eigenvalue weighted by Crippen LogP contribution is 2.13. The zero-order valence-electron chi connectivity index (χ0n) is 12.5. The molecule has 2 heterocycles. The summed E-state index contributed by atoms with van der Waals surface area (Å²) in [4.78, 5) is 20.6. The Kier molecular flexibility index (Phi) is 3.82. The summed E-state index contributed by atoms with van der Waals surface area (Å²) in [6.45, 7) is 4.30. The maximum atomic E-state index is 12.2. The predicted molar refractivity (Wildman–Crippen MR) is 81.6 cm³/mol. The van der Waals surface area contributed by atoms with Gasteiger partial charge < -0.3 is 9.84 Å². The number of rotatable bonds is 4. The summed E-state index contributed by atoms with van der Waals surface area (Å²) in [5, 5.41) is 6.80. The van der Waals surface area contributed by atoms with Gasteiger partial charge in [0.1, 0.15) is 5.76 Å². The molecule has 0 aliphatic rings. The molecule has 6 nitrogen and oxygen atoms in total. The van der Waals surface area contributed by atoms with Crippen molar-refractivity contribution in [1.29, 1.82) is 0 Å². The Hall–Kier alpha value is -2.76. The van der Waals surface area contributed by atoms with Gasteiger partial charge in [0.15, 0.2) is 0 Å². The van der Waals surface area contributed by atoms with E-state index < -0.39 is 0 Å². The molecule has 3 aromatic rings. The number of aromatic nitrogens is 3. The first-order valence-corrected chi connectivity index (χ1v) is 7.06. The summed E-state index contributed by atoms with van der Waals surface area (Å²) in [6.07, 6.45) is 3.94. The zero-order chi connectivity index (χ0) is 15.5. The van der Waals surface area contributed by atoms with Crippen molar-refractivity contribution in [2.45, 2.75) is 20.3 Å². The van der Waals surface area contributed by atoms with Crippen molar-refractivity contribution in [3.63, 3.8) is 0 Å². The Labute approximate surface area is 127 Å². The van der Waals surface area contributed by atoms with Crippen molar-refractivity contribution >= 4 is 16.9 Å². The second-order valence-electron chi connectivity index (χ2n) is 5.07. The summed E-state index contributed by atoms with van der Waals surface area (Å²) >= 11 is 0. The van der Waals surface area contributed by atoms with Crippen LogP contribution in [0.4, 0.5) is 0 Å². The zero-order valence-corrected chi connectivity index (χ0v) is 12.5. The van der Waals surface area contributed by atoms with Crippen molar-refractivity contribution in [2.24, 2.45) is 0 Å². The van der Waals surface area contributed by atoms with E-state index in [9.17, 15) is 4.79 Å². The van der Waals surface area contributed by atoms with Gasteiger partial charge in [-0.25, -0.2) is 0 Å². The van der Waals surface area contributed by atoms with E-state index in [0.29, 0.717) is 24.0 Å². The molecular formula is C16H16N4O2. The Morgan fingerprint density at radius 3 is 2.68 bits per heavy atom. The van der Waals surface area contributed by atoms with E-state index in [1.165, 1.54) is 0 Å². The van der Waals surface area contributed by atoms with E-state index >= 15 is 0 Å². The minimum Gasteiger partial charge on any atom is -0.361 e. The lowest BCUT2D eigenvalue weighted by atomic mass is 10.1. The van der Waals surface area contributed by atoms with Crippen molar-refractivity contribution in [3.8, 4) is 0 Å². The molecular weight excluding hydrogens is 280 g/mol. The molecule has 1 amide bonds. The molecule has 1 N–H and O–H groups in total. The number of benzene rings is 1. The number of amides is 1. The smallest absolute Gasteiger partial charge is 0.251 e. The number of aryl methyl sites for hydroxylation is 2. The molecule has 0 atom stereocenters. The van der Waals surface area contributed by atoms with Gasteiger partial charge in [-0.3, -0.25) is 14.8 Å². The van der Waals surface area contributed by atoms with Crippen LogP contribution < -0.4 is 5.32 Å². The van der Waals surface area contributed by atoms with Crippen molar-refractivity contribution in [3.05, 3.63) is 53.2 Å². The van der Waals surface area contributed by atoms with Crippen molar-refractivity contribution in [2.75, 3.05) is 6.54 Å². The molecule has 3 rings (SSSR count). The SMILES string of the molecule is Cc1noc(C)c1CCNC(=O)c1ccc2nccnc2c1. The third kappa shape index (κ3) is 2.81. The maximum Gasteiger partial charge on any atom is 0.251 e. The molecule has 0 fully saturated rings. The molecule has 0 saturated heterocycles. The number of hydrogen-bond acceptors (Lipinski definition) is 5. The van der Waals surface area contributed by atoms with Crippen molar-refractivity contribution in [1.82, 2.24) is 20.4 Å². The molecule has 0 aliphatic carbocycles. The Morgan fingerprint density at radius 2 is 1.95 bits per heavy atom. The summed E-state index contributed by atoms with van der Waals surface area (Å²) in [5.41, 5.74) is 3.97.